The van der Waals surface area contributed by atoms with Crippen LogP contribution in [0.4, 0.5) is 0 Å². The molecule has 2 aromatic heterocycles. The second kappa shape index (κ2) is 9.78. The summed E-state index contributed by atoms with van der Waals surface area (Å²) >= 11 is 0. The molecule has 0 saturated heterocycles. The van der Waals surface area contributed by atoms with Crippen molar-refractivity contribution in [2.24, 2.45) is 4.99 Å². The smallest absolute Gasteiger partial charge is 0.191 e. The highest BCUT2D eigenvalue weighted by molar-refractivity contribution is 14.0. The highest BCUT2D eigenvalue weighted by Gasteiger charge is 2.07. The number of benzene rings is 2. The van der Waals surface area contributed by atoms with Crippen molar-refractivity contribution in [2.45, 2.75) is 26.4 Å². The molecule has 0 bridgehead atoms. The summed E-state index contributed by atoms with van der Waals surface area (Å²) in [6.07, 6.45) is 0.979. The van der Waals surface area contributed by atoms with E-state index in [1.807, 2.05) is 24.3 Å². The van der Waals surface area contributed by atoms with E-state index in [0.29, 0.717) is 6.54 Å². The van der Waals surface area contributed by atoms with E-state index in [0.717, 1.165) is 53.5 Å². The molecule has 0 fully saturated rings. The van der Waals surface area contributed by atoms with Gasteiger partial charge in [-0.15, -0.1) is 24.0 Å². The normalized spacial score (nSPS) is 11.6. The van der Waals surface area contributed by atoms with Crippen LogP contribution >= 0.6 is 24.0 Å². The lowest BCUT2D eigenvalue weighted by Crippen LogP contribution is -2.37. The van der Waals surface area contributed by atoms with Gasteiger partial charge in [0.25, 0.3) is 0 Å². The Hall–Kier alpha value is -2.55. The molecule has 2 N–H and O–H groups in total. The van der Waals surface area contributed by atoms with Gasteiger partial charge in [-0.05, 0) is 37.6 Å². The maximum atomic E-state index is 5.84. The largest absolute Gasteiger partial charge is 0.459 e. The molecule has 0 spiro atoms. The molecule has 4 rings (SSSR count). The first-order valence-corrected chi connectivity index (χ1v) is 9.58. The number of aliphatic imine (C=N–C) groups is 1. The van der Waals surface area contributed by atoms with E-state index in [2.05, 4.69) is 62.4 Å². The second-order valence-electron chi connectivity index (χ2n) is 6.76. The molecule has 0 aliphatic rings. The maximum absolute atomic E-state index is 5.84. The van der Waals surface area contributed by atoms with Gasteiger partial charge in [0, 0.05) is 25.5 Å². The van der Waals surface area contributed by atoms with Gasteiger partial charge in [0.2, 0.25) is 0 Å². The van der Waals surface area contributed by atoms with Crippen LogP contribution in [0, 0.1) is 6.92 Å². The zero-order valence-electron chi connectivity index (χ0n) is 16.7. The molecule has 29 heavy (non-hydrogen) atoms. The van der Waals surface area contributed by atoms with Gasteiger partial charge in [0.05, 0.1) is 17.6 Å². The first-order chi connectivity index (χ1) is 13.7. The van der Waals surface area contributed by atoms with Crippen LogP contribution in [0.5, 0.6) is 0 Å². The minimum absolute atomic E-state index is 0. The van der Waals surface area contributed by atoms with Crippen molar-refractivity contribution < 1.29 is 4.42 Å². The van der Waals surface area contributed by atoms with Crippen LogP contribution in [0.1, 0.15) is 18.0 Å². The molecule has 0 aliphatic carbocycles. The number of para-hydroxylation sites is 3. The molecule has 0 atom stereocenters. The number of fused-ring (bicyclic) bond motifs is 2. The van der Waals surface area contributed by atoms with Gasteiger partial charge < -0.3 is 19.6 Å². The number of nitrogens with one attached hydrogen (secondary N) is 2. The monoisotopic (exact) mass is 503 g/mol. The Balaban J connectivity index is 0.00000240. The molecular weight excluding hydrogens is 477 g/mol. The van der Waals surface area contributed by atoms with E-state index in [9.17, 15) is 0 Å². The number of halogens is 1. The summed E-state index contributed by atoms with van der Waals surface area (Å²) in [7, 11) is 1.78. The number of imidazole rings is 1. The van der Waals surface area contributed by atoms with Crippen LogP contribution in [-0.2, 0) is 13.1 Å². The third kappa shape index (κ3) is 4.90. The summed E-state index contributed by atoms with van der Waals surface area (Å²) < 4.78 is 8.10. The van der Waals surface area contributed by atoms with Crippen LogP contribution in [0.15, 0.2) is 64.0 Å². The van der Waals surface area contributed by atoms with Gasteiger partial charge in [0.15, 0.2) is 5.96 Å². The summed E-state index contributed by atoms with van der Waals surface area (Å²) in [5.74, 6) is 2.71. The standard InChI is InChI=1S/C22H25N5O.HI/c1-16-26-19-9-4-5-10-20(19)27(16)13-7-12-24-22(23-2)25-15-18-14-17-8-3-6-11-21(17)28-18;/h3-6,8-11,14H,7,12-13,15H2,1-2H3,(H2,23,24,25);1H. The molecule has 0 radical (unpaired) electrons. The third-order valence-corrected chi connectivity index (χ3v) is 4.83. The Labute approximate surface area is 187 Å². The maximum Gasteiger partial charge on any atom is 0.191 e. The molecule has 2 heterocycles. The Bertz CT molecular complexity index is 1080. The highest BCUT2D eigenvalue weighted by atomic mass is 127. The molecular formula is C22H26IN5O. The first-order valence-electron chi connectivity index (χ1n) is 9.58. The fourth-order valence-electron chi connectivity index (χ4n) is 3.44. The van der Waals surface area contributed by atoms with E-state index in [1.54, 1.807) is 7.05 Å². The zero-order valence-corrected chi connectivity index (χ0v) is 19.0. The Morgan fingerprint density at radius 2 is 1.90 bits per heavy atom. The van der Waals surface area contributed by atoms with Crippen molar-refractivity contribution >= 4 is 51.9 Å². The SMILES string of the molecule is CN=C(NCCCn1c(C)nc2ccccc21)NCc1cc2ccccc2o1.I. The molecule has 6 nitrogen and oxygen atoms in total. The predicted molar refractivity (Wildman–Crippen MR) is 129 cm³/mol. The molecule has 0 aliphatic heterocycles. The summed E-state index contributed by atoms with van der Waals surface area (Å²) in [5, 5.41) is 7.79. The van der Waals surface area contributed by atoms with Gasteiger partial charge in [-0.3, -0.25) is 4.99 Å². The number of guanidine groups is 1. The minimum Gasteiger partial charge on any atom is -0.459 e. The highest BCUT2D eigenvalue weighted by Crippen LogP contribution is 2.18. The van der Waals surface area contributed by atoms with Crippen molar-refractivity contribution in [3.63, 3.8) is 0 Å². The third-order valence-electron chi connectivity index (χ3n) is 4.83. The Morgan fingerprint density at radius 3 is 2.72 bits per heavy atom. The number of hydrogen-bond acceptors (Lipinski definition) is 3. The van der Waals surface area contributed by atoms with Crippen LogP contribution < -0.4 is 10.6 Å². The van der Waals surface area contributed by atoms with E-state index in [-0.39, 0.29) is 24.0 Å². The minimum atomic E-state index is 0. The summed E-state index contributed by atoms with van der Waals surface area (Å²) in [4.78, 5) is 8.91. The Kier molecular flexibility index (Phi) is 7.13. The van der Waals surface area contributed by atoms with E-state index in [4.69, 9.17) is 4.42 Å². The molecule has 152 valence electrons. The van der Waals surface area contributed by atoms with Gasteiger partial charge in [-0.25, -0.2) is 4.98 Å². The number of nitrogens with zero attached hydrogens (tertiary/aromatic N) is 3. The molecule has 0 saturated carbocycles. The lowest BCUT2D eigenvalue weighted by atomic mass is 10.2. The molecule has 4 aromatic rings. The van der Waals surface area contributed by atoms with Crippen LogP contribution in [-0.4, -0.2) is 29.1 Å². The summed E-state index contributed by atoms with van der Waals surface area (Å²) in [6.45, 7) is 4.40. The molecule has 2 aromatic carbocycles. The first kappa shape index (κ1) is 21.2. The van der Waals surface area contributed by atoms with Crippen LogP contribution in [0.3, 0.4) is 0 Å². The predicted octanol–water partition coefficient (Wildman–Crippen LogP) is 4.46. The number of furan rings is 1. The van der Waals surface area contributed by atoms with Gasteiger partial charge >= 0.3 is 0 Å². The van der Waals surface area contributed by atoms with E-state index in [1.165, 1.54) is 5.52 Å². The lowest BCUT2D eigenvalue weighted by molar-refractivity contribution is 0.537. The van der Waals surface area contributed by atoms with Crippen molar-refractivity contribution in [3.05, 3.63) is 66.2 Å². The van der Waals surface area contributed by atoms with Gasteiger partial charge in [-0.2, -0.15) is 0 Å². The summed E-state index contributed by atoms with van der Waals surface area (Å²) in [6, 6.07) is 18.3. The summed E-state index contributed by atoms with van der Waals surface area (Å²) in [5.41, 5.74) is 3.15. The van der Waals surface area contributed by atoms with Crippen molar-refractivity contribution in [1.29, 1.82) is 0 Å². The van der Waals surface area contributed by atoms with Crippen LogP contribution in [0.25, 0.3) is 22.0 Å². The average molecular weight is 503 g/mol. The quantitative estimate of drug-likeness (QED) is 0.177. The van der Waals surface area contributed by atoms with Crippen LogP contribution in [0.2, 0.25) is 0 Å². The number of aromatic nitrogens is 2. The molecule has 7 heteroatoms. The van der Waals surface area contributed by atoms with E-state index < -0.39 is 0 Å². The fraction of sp³-hybridized carbons (Fsp3) is 0.273. The number of aryl methyl sites for hydroxylation is 2. The zero-order chi connectivity index (χ0) is 19.3. The number of hydrogen-bond donors (Lipinski definition) is 2. The second-order valence-corrected chi connectivity index (χ2v) is 6.76. The fourth-order valence-corrected chi connectivity index (χ4v) is 3.44. The van der Waals surface area contributed by atoms with Gasteiger partial charge in [-0.1, -0.05) is 30.3 Å². The van der Waals surface area contributed by atoms with Crippen molar-refractivity contribution in [3.8, 4) is 0 Å². The lowest BCUT2D eigenvalue weighted by Gasteiger charge is -2.12. The molecule has 0 amide bonds. The average Bonchev–Trinajstić information content (AvgIpc) is 3.27. The Morgan fingerprint density at radius 1 is 1.10 bits per heavy atom. The van der Waals surface area contributed by atoms with E-state index >= 15 is 0 Å². The number of rotatable bonds is 6. The van der Waals surface area contributed by atoms with Gasteiger partial charge in [0.1, 0.15) is 17.2 Å². The molecule has 0 unspecified atom stereocenters. The van der Waals surface area contributed by atoms with Crippen molar-refractivity contribution in [2.75, 3.05) is 13.6 Å². The van der Waals surface area contributed by atoms with Crippen molar-refractivity contribution in [1.82, 2.24) is 20.2 Å². The topological polar surface area (TPSA) is 67.4 Å².